The minimum absolute atomic E-state index is 0.0958. The van der Waals surface area contributed by atoms with Crippen LogP contribution < -0.4 is 20.3 Å². The lowest BCUT2D eigenvalue weighted by Crippen LogP contribution is -2.57. The molecule has 4 heterocycles. The summed E-state index contributed by atoms with van der Waals surface area (Å²) in [6, 6.07) is 14.6. The highest BCUT2D eigenvalue weighted by Gasteiger charge is 2.26. The van der Waals surface area contributed by atoms with Gasteiger partial charge in [0.2, 0.25) is 0 Å². The van der Waals surface area contributed by atoms with Gasteiger partial charge in [0.25, 0.3) is 5.88 Å². The van der Waals surface area contributed by atoms with Crippen LogP contribution in [0.25, 0.3) is 11.0 Å². The molecule has 0 radical (unpaired) electrons. The molecule has 0 atom stereocenters. The van der Waals surface area contributed by atoms with Crippen LogP contribution in [0.15, 0.2) is 61.1 Å². The van der Waals surface area contributed by atoms with Crippen molar-refractivity contribution in [3.8, 4) is 11.6 Å². The number of ether oxygens (including phenoxy) is 1. The Morgan fingerprint density at radius 3 is 2.68 bits per heavy atom. The number of nitrogens with one attached hydrogen (secondary N) is 2. The van der Waals surface area contributed by atoms with Crippen LogP contribution in [-0.4, -0.2) is 46.1 Å². The topological polar surface area (TPSA) is 88.1 Å². The van der Waals surface area contributed by atoms with Crippen LogP contribution in [-0.2, 0) is 0 Å². The second-order valence-electron chi connectivity index (χ2n) is 7.20. The predicted octanol–water partition coefficient (Wildman–Crippen LogP) is 3.50. The van der Waals surface area contributed by atoms with Gasteiger partial charge in [-0.2, -0.15) is 0 Å². The molecule has 0 aliphatic carbocycles. The summed E-state index contributed by atoms with van der Waals surface area (Å²) in [5, 5.41) is 6.35. The monoisotopic (exact) mass is 417 g/mol. The highest BCUT2D eigenvalue weighted by Crippen LogP contribution is 2.28. The van der Waals surface area contributed by atoms with E-state index in [1.807, 2.05) is 37.4 Å². The van der Waals surface area contributed by atoms with E-state index in [0.717, 1.165) is 18.9 Å². The Hall–Kier alpha value is -3.85. The molecule has 31 heavy (non-hydrogen) atoms. The molecule has 1 fully saturated rings. The summed E-state index contributed by atoms with van der Waals surface area (Å²) < 4.78 is 20.1. The summed E-state index contributed by atoms with van der Waals surface area (Å²) >= 11 is 0. The highest BCUT2D eigenvalue weighted by molar-refractivity contribution is 5.88. The number of pyridine rings is 2. The van der Waals surface area contributed by atoms with Crippen molar-refractivity contribution in [3.05, 3.63) is 66.9 Å². The van der Waals surface area contributed by atoms with Gasteiger partial charge < -0.3 is 20.3 Å². The molecule has 1 aliphatic heterocycles. The smallest absolute Gasteiger partial charge is 0.256 e. The lowest BCUT2D eigenvalue weighted by Gasteiger charge is -2.40. The fraction of sp³-hybridized carbons (Fsp3) is 0.182. The maximum Gasteiger partial charge on any atom is 0.256 e. The molecule has 8 nitrogen and oxygen atoms in total. The standard InChI is InChI=1S/C22H20FN7O/c1-24-15-11-30(12-15)19-8-7-18-20(29-19)21(27-13-26-18)28-14-9-17(23)22(25-10-14)31-16-5-3-2-4-6-16/h2-10,13,15,24H,11-12H2,1H3,(H,26,27,28). The van der Waals surface area contributed by atoms with Crippen LogP contribution in [0.1, 0.15) is 0 Å². The molecular weight excluding hydrogens is 397 g/mol. The van der Waals surface area contributed by atoms with Gasteiger partial charge in [-0.3, -0.25) is 0 Å². The SMILES string of the molecule is CNC1CN(c2ccc3ncnc(Nc4cnc(Oc5ccccc5)c(F)c4)c3n2)C1. The molecule has 4 aromatic rings. The van der Waals surface area contributed by atoms with Crippen LogP contribution in [0.5, 0.6) is 11.6 Å². The molecule has 0 saturated carbocycles. The van der Waals surface area contributed by atoms with Gasteiger partial charge in [0, 0.05) is 25.2 Å². The Balaban J connectivity index is 1.39. The van der Waals surface area contributed by atoms with Gasteiger partial charge in [-0.1, -0.05) is 18.2 Å². The number of benzene rings is 1. The third-order valence-corrected chi connectivity index (χ3v) is 5.11. The molecule has 3 aromatic heterocycles. The van der Waals surface area contributed by atoms with E-state index in [1.54, 1.807) is 12.1 Å². The van der Waals surface area contributed by atoms with E-state index in [2.05, 4.69) is 30.5 Å². The average Bonchev–Trinajstić information content (AvgIpc) is 2.76. The van der Waals surface area contributed by atoms with Crippen molar-refractivity contribution in [2.24, 2.45) is 0 Å². The number of halogens is 1. The molecule has 5 rings (SSSR count). The predicted molar refractivity (Wildman–Crippen MR) is 116 cm³/mol. The normalized spacial score (nSPS) is 13.8. The number of nitrogens with zero attached hydrogens (tertiary/aromatic N) is 5. The van der Waals surface area contributed by atoms with E-state index >= 15 is 0 Å². The van der Waals surface area contributed by atoms with Gasteiger partial charge in [-0.25, -0.2) is 24.3 Å². The fourth-order valence-electron chi connectivity index (χ4n) is 3.35. The quantitative estimate of drug-likeness (QED) is 0.493. The minimum Gasteiger partial charge on any atom is -0.436 e. The molecule has 1 aromatic carbocycles. The number of hydrogen-bond donors (Lipinski definition) is 2. The van der Waals surface area contributed by atoms with E-state index < -0.39 is 5.82 Å². The van der Waals surface area contributed by atoms with Gasteiger partial charge in [-0.15, -0.1) is 0 Å². The summed E-state index contributed by atoms with van der Waals surface area (Å²) in [6.07, 6.45) is 2.94. The van der Waals surface area contributed by atoms with Crippen molar-refractivity contribution in [3.63, 3.8) is 0 Å². The Morgan fingerprint density at radius 1 is 1.06 bits per heavy atom. The van der Waals surface area contributed by atoms with Gasteiger partial charge in [0.1, 0.15) is 23.4 Å². The lowest BCUT2D eigenvalue weighted by atomic mass is 10.1. The van der Waals surface area contributed by atoms with Crippen LogP contribution in [0.3, 0.4) is 0 Å². The van der Waals surface area contributed by atoms with E-state index in [1.165, 1.54) is 18.6 Å². The molecule has 0 bridgehead atoms. The van der Waals surface area contributed by atoms with Crippen molar-refractivity contribution in [1.82, 2.24) is 25.3 Å². The van der Waals surface area contributed by atoms with E-state index in [0.29, 0.717) is 34.3 Å². The van der Waals surface area contributed by atoms with Gasteiger partial charge in [0.15, 0.2) is 11.6 Å². The molecule has 0 amide bonds. The number of rotatable bonds is 6. The summed E-state index contributed by atoms with van der Waals surface area (Å²) in [5.41, 5.74) is 1.74. The third-order valence-electron chi connectivity index (χ3n) is 5.11. The summed E-state index contributed by atoms with van der Waals surface area (Å²) in [6.45, 7) is 1.78. The zero-order valence-corrected chi connectivity index (χ0v) is 16.8. The molecule has 156 valence electrons. The molecule has 0 unspecified atom stereocenters. The number of likely N-dealkylation sites (N-methyl/N-ethyl adjacent to an activating group) is 1. The van der Waals surface area contributed by atoms with Crippen LogP contribution in [0, 0.1) is 5.82 Å². The largest absolute Gasteiger partial charge is 0.436 e. The zero-order chi connectivity index (χ0) is 21.2. The van der Waals surface area contributed by atoms with Crippen molar-refractivity contribution in [1.29, 1.82) is 0 Å². The first-order valence-electron chi connectivity index (χ1n) is 9.89. The first-order chi connectivity index (χ1) is 15.2. The highest BCUT2D eigenvalue weighted by atomic mass is 19.1. The molecule has 9 heteroatoms. The Morgan fingerprint density at radius 2 is 1.90 bits per heavy atom. The van der Waals surface area contributed by atoms with Crippen molar-refractivity contribution in [2.45, 2.75) is 6.04 Å². The maximum atomic E-state index is 14.6. The van der Waals surface area contributed by atoms with Gasteiger partial charge in [0.05, 0.1) is 17.4 Å². The van der Waals surface area contributed by atoms with Crippen molar-refractivity contribution < 1.29 is 9.13 Å². The Bertz CT molecular complexity index is 1220. The van der Waals surface area contributed by atoms with Crippen LogP contribution >= 0.6 is 0 Å². The molecule has 1 aliphatic rings. The molecule has 1 saturated heterocycles. The number of para-hydroxylation sites is 1. The van der Waals surface area contributed by atoms with Crippen molar-refractivity contribution in [2.75, 3.05) is 30.4 Å². The van der Waals surface area contributed by atoms with Crippen LogP contribution in [0.2, 0.25) is 0 Å². The fourth-order valence-corrected chi connectivity index (χ4v) is 3.35. The number of fused-ring (bicyclic) bond motifs is 1. The summed E-state index contributed by atoms with van der Waals surface area (Å²) in [7, 11) is 1.95. The first-order valence-corrected chi connectivity index (χ1v) is 9.89. The third kappa shape index (κ3) is 3.95. The van der Waals surface area contributed by atoms with E-state index in [-0.39, 0.29) is 5.88 Å². The van der Waals surface area contributed by atoms with Gasteiger partial charge in [-0.05, 0) is 31.3 Å². The van der Waals surface area contributed by atoms with Crippen LogP contribution in [0.4, 0.5) is 21.7 Å². The first kappa shape index (κ1) is 19.1. The number of aromatic nitrogens is 4. The minimum atomic E-state index is -0.584. The second kappa shape index (κ2) is 8.11. The zero-order valence-electron chi connectivity index (χ0n) is 16.8. The maximum absolute atomic E-state index is 14.6. The summed E-state index contributed by atoms with van der Waals surface area (Å²) in [4.78, 5) is 19.6. The Kier molecular flexibility index (Phi) is 5.01. The van der Waals surface area contributed by atoms with Gasteiger partial charge >= 0.3 is 0 Å². The molecular formula is C22H20FN7O. The number of anilines is 3. The second-order valence-corrected chi connectivity index (χ2v) is 7.20. The summed E-state index contributed by atoms with van der Waals surface area (Å²) in [5.74, 6) is 1.17. The van der Waals surface area contributed by atoms with Crippen molar-refractivity contribution >= 4 is 28.4 Å². The molecule has 2 N–H and O–H groups in total. The average molecular weight is 417 g/mol. The van der Waals surface area contributed by atoms with E-state index in [4.69, 9.17) is 9.72 Å². The number of hydrogen-bond acceptors (Lipinski definition) is 8. The Labute approximate surface area is 178 Å². The van der Waals surface area contributed by atoms with E-state index in [9.17, 15) is 4.39 Å². The lowest BCUT2D eigenvalue weighted by molar-refractivity contribution is 0.423. The molecule has 0 spiro atoms.